The van der Waals surface area contributed by atoms with Crippen molar-refractivity contribution in [3.05, 3.63) is 89.9 Å². The second-order valence-corrected chi connectivity index (χ2v) is 7.06. The molecule has 0 unspecified atom stereocenters. The van der Waals surface area contributed by atoms with Crippen LogP contribution in [0.5, 0.6) is 0 Å². The molecule has 0 spiro atoms. The summed E-state index contributed by atoms with van der Waals surface area (Å²) in [6.07, 6.45) is 3.02. The molecule has 0 saturated heterocycles. The lowest BCUT2D eigenvalue weighted by molar-refractivity contribution is 0.0956. The number of carbonyl (C=O) groups excluding carboxylic acids is 1. The van der Waals surface area contributed by atoms with Crippen LogP contribution in [0.2, 0.25) is 0 Å². The first-order valence-corrected chi connectivity index (χ1v) is 9.49. The predicted molar refractivity (Wildman–Crippen MR) is 115 cm³/mol. The van der Waals surface area contributed by atoms with Crippen molar-refractivity contribution >= 4 is 23.0 Å². The number of nitrogens with one attached hydrogen (secondary N) is 1. The van der Waals surface area contributed by atoms with Crippen LogP contribution in [-0.2, 0) is 0 Å². The van der Waals surface area contributed by atoms with Crippen LogP contribution in [0.3, 0.4) is 0 Å². The van der Waals surface area contributed by atoms with Crippen molar-refractivity contribution in [2.75, 3.05) is 0 Å². The summed E-state index contributed by atoms with van der Waals surface area (Å²) >= 11 is 0. The van der Waals surface area contributed by atoms with Gasteiger partial charge in [-0.05, 0) is 35.7 Å². The molecule has 1 N–H and O–H groups in total. The van der Waals surface area contributed by atoms with Gasteiger partial charge in [-0.25, -0.2) is 10.4 Å². The van der Waals surface area contributed by atoms with E-state index in [1.165, 1.54) is 11.8 Å². The largest absolute Gasteiger partial charge is 0.463 e. The molecule has 0 saturated carbocycles. The molecule has 0 aliphatic heterocycles. The fourth-order valence-corrected chi connectivity index (χ4v) is 3.13. The molecule has 0 aliphatic carbocycles. The van der Waals surface area contributed by atoms with Crippen molar-refractivity contribution in [1.82, 2.24) is 10.4 Å². The number of nitrogens with zero attached hydrogens (tertiary/aromatic N) is 2. The van der Waals surface area contributed by atoms with E-state index < -0.39 is 0 Å². The Kier molecular flexibility index (Phi) is 5.20. The smallest absolute Gasteiger partial charge is 0.272 e. The monoisotopic (exact) mass is 383 g/mol. The maximum atomic E-state index is 12.8. The van der Waals surface area contributed by atoms with Gasteiger partial charge in [0.25, 0.3) is 5.91 Å². The highest BCUT2D eigenvalue weighted by molar-refractivity contribution is 6.07. The van der Waals surface area contributed by atoms with Crippen LogP contribution in [0.25, 0.3) is 22.2 Å². The zero-order valence-electron chi connectivity index (χ0n) is 16.3. The van der Waals surface area contributed by atoms with Crippen molar-refractivity contribution in [3.8, 4) is 11.3 Å². The fraction of sp³-hybridized carbons (Fsp3) is 0.125. The van der Waals surface area contributed by atoms with E-state index in [2.05, 4.69) is 36.5 Å². The number of carbonyl (C=O) groups is 1. The molecule has 2 heterocycles. The van der Waals surface area contributed by atoms with Gasteiger partial charge in [0.15, 0.2) is 0 Å². The second-order valence-electron chi connectivity index (χ2n) is 7.06. The lowest BCUT2D eigenvalue weighted by atomic mass is 9.99. The van der Waals surface area contributed by atoms with Gasteiger partial charge in [-0.3, -0.25) is 4.79 Å². The molecule has 0 atom stereocenters. The third-order valence-electron chi connectivity index (χ3n) is 4.73. The first-order chi connectivity index (χ1) is 14.1. The standard InChI is InChI=1S/C24H21N3O2/c1-16(2)17-9-11-18(12-10-17)23-14-21(20-7-3-4-8-22(20)26-23)24(28)27-25-15-19-6-5-13-29-19/h3-16H,1-2H3,(H,27,28)/b25-15+. The quantitative estimate of drug-likeness (QED) is 0.371. The Morgan fingerprint density at radius 1 is 1.07 bits per heavy atom. The van der Waals surface area contributed by atoms with Gasteiger partial charge >= 0.3 is 0 Å². The van der Waals surface area contributed by atoms with E-state index in [1.54, 1.807) is 18.4 Å². The molecular formula is C24H21N3O2. The van der Waals surface area contributed by atoms with Crippen LogP contribution in [-0.4, -0.2) is 17.1 Å². The minimum Gasteiger partial charge on any atom is -0.463 e. The first kappa shape index (κ1) is 18.6. The number of hydrogen-bond donors (Lipinski definition) is 1. The zero-order chi connectivity index (χ0) is 20.2. The highest BCUT2D eigenvalue weighted by atomic mass is 16.3. The van der Waals surface area contributed by atoms with Gasteiger partial charge in [0.1, 0.15) is 5.76 Å². The summed E-state index contributed by atoms with van der Waals surface area (Å²) in [5.41, 5.74) is 6.84. The third kappa shape index (κ3) is 4.09. The fourth-order valence-electron chi connectivity index (χ4n) is 3.13. The van der Waals surface area contributed by atoms with Crippen molar-refractivity contribution in [3.63, 3.8) is 0 Å². The SMILES string of the molecule is CC(C)c1ccc(-c2cc(C(=O)N/N=C/c3ccco3)c3ccccc3n2)cc1. The molecule has 2 aromatic heterocycles. The van der Waals surface area contributed by atoms with E-state index >= 15 is 0 Å². The summed E-state index contributed by atoms with van der Waals surface area (Å²) in [4.78, 5) is 17.6. The molecule has 29 heavy (non-hydrogen) atoms. The Morgan fingerprint density at radius 2 is 1.86 bits per heavy atom. The number of hydrogen-bond acceptors (Lipinski definition) is 4. The van der Waals surface area contributed by atoms with Gasteiger partial charge in [0, 0.05) is 10.9 Å². The molecule has 4 aromatic rings. The number of fused-ring (bicyclic) bond motifs is 1. The van der Waals surface area contributed by atoms with E-state index in [0.29, 0.717) is 17.2 Å². The maximum Gasteiger partial charge on any atom is 0.272 e. The summed E-state index contributed by atoms with van der Waals surface area (Å²) in [7, 11) is 0. The van der Waals surface area contributed by atoms with Crippen LogP contribution in [0.15, 0.2) is 82.5 Å². The molecule has 0 radical (unpaired) electrons. The zero-order valence-corrected chi connectivity index (χ0v) is 16.3. The van der Waals surface area contributed by atoms with Gasteiger partial charge < -0.3 is 4.42 Å². The summed E-state index contributed by atoms with van der Waals surface area (Å²) in [5, 5.41) is 4.77. The average Bonchev–Trinajstić information content (AvgIpc) is 3.26. The molecule has 0 fully saturated rings. The van der Waals surface area contributed by atoms with Crippen LogP contribution >= 0.6 is 0 Å². The van der Waals surface area contributed by atoms with Crippen LogP contribution < -0.4 is 5.43 Å². The van der Waals surface area contributed by atoms with E-state index in [9.17, 15) is 4.79 Å². The Hall–Kier alpha value is -3.73. The molecule has 5 nitrogen and oxygen atoms in total. The second kappa shape index (κ2) is 8.10. The summed E-state index contributed by atoms with van der Waals surface area (Å²) < 4.78 is 5.18. The van der Waals surface area contributed by atoms with Crippen LogP contribution in [0.1, 0.15) is 41.4 Å². The molecule has 0 aliphatic rings. The summed E-state index contributed by atoms with van der Waals surface area (Å²) in [6, 6.07) is 21.2. The van der Waals surface area contributed by atoms with E-state index in [4.69, 9.17) is 9.40 Å². The number of rotatable bonds is 5. The third-order valence-corrected chi connectivity index (χ3v) is 4.73. The predicted octanol–water partition coefficient (Wildman–Crippen LogP) is 5.38. The van der Waals surface area contributed by atoms with Crippen LogP contribution in [0.4, 0.5) is 0 Å². The van der Waals surface area contributed by atoms with Crippen molar-refractivity contribution in [2.45, 2.75) is 19.8 Å². The number of aromatic nitrogens is 1. The average molecular weight is 383 g/mol. The Bertz CT molecular complexity index is 1160. The van der Waals surface area contributed by atoms with Gasteiger partial charge in [0.2, 0.25) is 0 Å². The molecule has 4 rings (SSSR count). The molecule has 144 valence electrons. The van der Waals surface area contributed by atoms with Crippen molar-refractivity contribution in [2.24, 2.45) is 5.10 Å². The van der Waals surface area contributed by atoms with Gasteiger partial charge in [0.05, 0.1) is 29.3 Å². The highest BCUT2D eigenvalue weighted by Gasteiger charge is 2.14. The molecule has 5 heteroatoms. The molecule has 2 aromatic carbocycles. The lowest BCUT2D eigenvalue weighted by Gasteiger charge is -2.10. The minimum absolute atomic E-state index is 0.300. The topological polar surface area (TPSA) is 67.5 Å². The van der Waals surface area contributed by atoms with Crippen molar-refractivity contribution < 1.29 is 9.21 Å². The van der Waals surface area contributed by atoms with E-state index in [1.807, 2.05) is 42.5 Å². The van der Waals surface area contributed by atoms with Crippen molar-refractivity contribution in [1.29, 1.82) is 0 Å². The number of amides is 1. The molecule has 0 bridgehead atoms. The number of benzene rings is 2. The summed E-state index contributed by atoms with van der Waals surface area (Å²) in [6.45, 7) is 4.32. The number of pyridine rings is 1. The number of furan rings is 1. The number of hydrazone groups is 1. The summed E-state index contributed by atoms with van der Waals surface area (Å²) in [5.74, 6) is 0.726. The van der Waals surface area contributed by atoms with Crippen LogP contribution in [0, 0.1) is 0 Å². The number of para-hydroxylation sites is 1. The lowest BCUT2D eigenvalue weighted by Crippen LogP contribution is -2.18. The van der Waals surface area contributed by atoms with Gasteiger partial charge in [-0.1, -0.05) is 56.3 Å². The maximum absolute atomic E-state index is 12.8. The highest BCUT2D eigenvalue weighted by Crippen LogP contribution is 2.26. The van der Waals surface area contributed by atoms with E-state index in [-0.39, 0.29) is 5.91 Å². The van der Waals surface area contributed by atoms with Gasteiger partial charge in [-0.15, -0.1) is 0 Å². The Morgan fingerprint density at radius 3 is 2.59 bits per heavy atom. The molecule has 1 amide bonds. The molecular weight excluding hydrogens is 362 g/mol. The Labute approximate surface area is 169 Å². The Balaban J connectivity index is 1.69. The minimum atomic E-state index is -0.300. The first-order valence-electron chi connectivity index (χ1n) is 9.49. The van der Waals surface area contributed by atoms with Gasteiger partial charge in [-0.2, -0.15) is 5.10 Å². The van der Waals surface area contributed by atoms with E-state index in [0.717, 1.165) is 22.2 Å². The normalized spacial score (nSPS) is 11.4.